The van der Waals surface area contributed by atoms with Crippen LogP contribution in [0, 0.1) is 18.7 Å². The van der Waals surface area contributed by atoms with Gasteiger partial charge in [-0.3, -0.25) is 0 Å². The van der Waals surface area contributed by atoms with Crippen molar-refractivity contribution in [1.29, 1.82) is 0 Å². The van der Waals surface area contributed by atoms with E-state index in [9.17, 15) is 4.39 Å². The van der Waals surface area contributed by atoms with Gasteiger partial charge in [-0.25, -0.2) is 4.39 Å². The second kappa shape index (κ2) is 7.78. The predicted octanol–water partition coefficient (Wildman–Crippen LogP) is 4.63. The van der Waals surface area contributed by atoms with Crippen LogP contribution in [0.2, 0.25) is 0 Å². The molecule has 2 unspecified atom stereocenters. The van der Waals surface area contributed by atoms with Gasteiger partial charge in [0, 0.05) is 6.04 Å². The number of benzene rings is 1. The van der Waals surface area contributed by atoms with Crippen LogP contribution < -0.4 is 5.32 Å². The van der Waals surface area contributed by atoms with Crippen molar-refractivity contribution in [3.05, 3.63) is 35.1 Å². The highest BCUT2D eigenvalue weighted by Gasteiger charge is 2.20. The van der Waals surface area contributed by atoms with Gasteiger partial charge < -0.3 is 5.32 Å². The number of rotatable bonds is 5. The fourth-order valence-electron chi connectivity index (χ4n) is 3.38. The molecule has 1 aliphatic carbocycles. The molecule has 0 amide bonds. The first kappa shape index (κ1) is 15.5. The van der Waals surface area contributed by atoms with Gasteiger partial charge in [-0.05, 0) is 68.3 Å². The summed E-state index contributed by atoms with van der Waals surface area (Å²) in [5.74, 6) is 0.630. The van der Waals surface area contributed by atoms with Crippen molar-refractivity contribution in [2.75, 3.05) is 6.54 Å². The smallest absolute Gasteiger partial charge is 0.123 e. The second-order valence-electron chi connectivity index (χ2n) is 6.31. The largest absolute Gasteiger partial charge is 0.314 e. The van der Waals surface area contributed by atoms with Crippen molar-refractivity contribution in [3.8, 4) is 0 Å². The molecule has 2 heteroatoms. The quantitative estimate of drug-likeness (QED) is 0.774. The third-order valence-corrected chi connectivity index (χ3v) is 4.53. The molecule has 1 fully saturated rings. The average molecular weight is 277 g/mol. The Bertz CT molecular complexity index is 416. The number of nitrogens with one attached hydrogen (secondary N) is 1. The van der Waals surface area contributed by atoms with Gasteiger partial charge in [0.1, 0.15) is 5.82 Å². The minimum atomic E-state index is -0.116. The standard InChI is InChI=1S/C18H28FN/c1-3-10-20-18-7-5-4-6-15(13-18)12-16-8-9-17(19)11-14(16)2/h8-9,11,15,18,20H,3-7,10,12-13H2,1-2H3. The van der Waals surface area contributed by atoms with Gasteiger partial charge in [0.05, 0.1) is 0 Å². The van der Waals surface area contributed by atoms with Crippen molar-refractivity contribution in [1.82, 2.24) is 5.32 Å². The lowest BCUT2D eigenvalue weighted by Crippen LogP contribution is -2.31. The first-order chi connectivity index (χ1) is 9.69. The maximum absolute atomic E-state index is 13.2. The Morgan fingerprint density at radius 1 is 1.25 bits per heavy atom. The van der Waals surface area contributed by atoms with Crippen molar-refractivity contribution in [3.63, 3.8) is 0 Å². The third kappa shape index (κ3) is 4.59. The minimum absolute atomic E-state index is 0.116. The Kier molecular flexibility index (Phi) is 6.03. The maximum atomic E-state index is 13.2. The van der Waals surface area contributed by atoms with E-state index in [1.54, 1.807) is 12.1 Å². The Morgan fingerprint density at radius 2 is 2.05 bits per heavy atom. The molecule has 20 heavy (non-hydrogen) atoms. The summed E-state index contributed by atoms with van der Waals surface area (Å²) in [5, 5.41) is 3.69. The van der Waals surface area contributed by atoms with E-state index in [2.05, 4.69) is 12.2 Å². The Balaban J connectivity index is 1.96. The van der Waals surface area contributed by atoms with Crippen LogP contribution in [0.1, 0.15) is 56.6 Å². The first-order valence-corrected chi connectivity index (χ1v) is 8.17. The molecule has 1 nitrogen and oxygen atoms in total. The van der Waals surface area contributed by atoms with Crippen molar-refractivity contribution < 1.29 is 4.39 Å². The highest BCUT2D eigenvalue weighted by atomic mass is 19.1. The molecular formula is C18H28FN. The number of hydrogen-bond donors (Lipinski definition) is 1. The summed E-state index contributed by atoms with van der Waals surface area (Å²) in [7, 11) is 0. The molecule has 112 valence electrons. The summed E-state index contributed by atoms with van der Waals surface area (Å²) in [6, 6.07) is 5.93. The first-order valence-electron chi connectivity index (χ1n) is 8.17. The van der Waals surface area contributed by atoms with E-state index in [1.165, 1.54) is 44.1 Å². The zero-order chi connectivity index (χ0) is 14.4. The van der Waals surface area contributed by atoms with E-state index >= 15 is 0 Å². The monoisotopic (exact) mass is 277 g/mol. The van der Waals surface area contributed by atoms with Crippen molar-refractivity contribution >= 4 is 0 Å². The van der Waals surface area contributed by atoms with Gasteiger partial charge in [-0.2, -0.15) is 0 Å². The topological polar surface area (TPSA) is 12.0 Å². The molecule has 1 N–H and O–H groups in total. The Hall–Kier alpha value is -0.890. The fraction of sp³-hybridized carbons (Fsp3) is 0.667. The lowest BCUT2D eigenvalue weighted by Gasteiger charge is -2.22. The Labute approximate surface area is 123 Å². The lowest BCUT2D eigenvalue weighted by atomic mass is 9.89. The highest BCUT2D eigenvalue weighted by Crippen LogP contribution is 2.27. The van der Waals surface area contributed by atoms with Gasteiger partial charge in [-0.15, -0.1) is 0 Å². The molecule has 1 aliphatic rings. The molecule has 0 bridgehead atoms. The SMILES string of the molecule is CCCNC1CCCCC(Cc2ccc(F)cc2C)C1. The summed E-state index contributed by atoms with van der Waals surface area (Å²) >= 11 is 0. The summed E-state index contributed by atoms with van der Waals surface area (Å²) in [6.07, 6.45) is 8.92. The molecule has 0 aliphatic heterocycles. The summed E-state index contributed by atoms with van der Waals surface area (Å²) < 4.78 is 13.2. The van der Waals surface area contributed by atoms with Crippen LogP contribution in [0.4, 0.5) is 4.39 Å². The van der Waals surface area contributed by atoms with E-state index in [0.717, 1.165) is 24.4 Å². The highest BCUT2D eigenvalue weighted by molar-refractivity contribution is 5.27. The van der Waals surface area contributed by atoms with Crippen LogP contribution >= 0.6 is 0 Å². The molecule has 2 atom stereocenters. The maximum Gasteiger partial charge on any atom is 0.123 e. The zero-order valence-electron chi connectivity index (χ0n) is 12.9. The van der Waals surface area contributed by atoms with Gasteiger partial charge in [0.25, 0.3) is 0 Å². The van der Waals surface area contributed by atoms with Crippen LogP contribution in [-0.2, 0) is 6.42 Å². The molecule has 0 radical (unpaired) electrons. The number of halogens is 1. The van der Waals surface area contributed by atoms with Crippen LogP contribution in [0.3, 0.4) is 0 Å². The number of aryl methyl sites for hydroxylation is 1. The average Bonchev–Trinajstić information content (AvgIpc) is 2.65. The number of hydrogen-bond acceptors (Lipinski definition) is 1. The summed E-state index contributed by atoms with van der Waals surface area (Å²) in [4.78, 5) is 0. The van der Waals surface area contributed by atoms with E-state index in [0.29, 0.717) is 6.04 Å². The second-order valence-corrected chi connectivity index (χ2v) is 6.31. The van der Waals surface area contributed by atoms with E-state index in [-0.39, 0.29) is 5.82 Å². The molecule has 1 aromatic rings. The van der Waals surface area contributed by atoms with Gasteiger partial charge in [0.15, 0.2) is 0 Å². The predicted molar refractivity (Wildman–Crippen MR) is 83.5 cm³/mol. The van der Waals surface area contributed by atoms with Gasteiger partial charge in [0.2, 0.25) is 0 Å². The summed E-state index contributed by atoms with van der Waals surface area (Å²) in [6.45, 7) is 5.39. The van der Waals surface area contributed by atoms with E-state index in [1.807, 2.05) is 13.0 Å². The minimum Gasteiger partial charge on any atom is -0.314 e. The lowest BCUT2D eigenvalue weighted by molar-refractivity contribution is 0.384. The molecule has 1 aromatic carbocycles. The summed E-state index contributed by atoms with van der Waals surface area (Å²) in [5.41, 5.74) is 2.43. The van der Waals surface area contributed by atoms with E-state index < -0.39 is 0 Å². The van der Waals surface area contributed by atoms with Crippen LogP contribution in [-0.4, -0.2) is 12.6 Å². The third-order valence-electron chi connectivity index (χ3n) is 4.53. The molecule has 0 aromatic heterocycles. The zero-order valence-corrected chi connectivity index (χ0v) is 12.9. The molecular weight excluding hydrogens is 249 g/mol. The van der Waals surface area contributed by atoms with Crippen LogP contribution in [0.5, 0.6) is 0 Å². The fourth-order valence-corrected chi connectivity index (χ4v) is 3.38. The van der Waals surface area contributed by atoms with Crippen molar-refractivity contribution in [2.24, 2.45) is 5.92 Å². The van der Waals surface area contributed by atoms with Gasteiger partial charge >= 0.3 is 0 Å². The van der Waals surface area contributed by atoms with Crippen molar-refractivity contribution in [2.45, 2.75) is 64.8 Å². The molecule has 0 saturated heterocycles. The molecule has 1 saturated carbocycles. The normalized spacial score (nSPS) is 23.6. The van der Waals surface area contributed by atoms with Crippen LogP contribution in [0.25, 0.3) is 0 Å². The van der Waals surface area contributed by atoms with Gasteiger partial charge in [-0.1, -0.05) is 32.3 Å². The molecule has 2 rings (SSSR count). The Morgan fingerprint density at radius 3 is 2.80 bits per heavy atom. The molecule has 0 heterocycles. The van der Waals surface area contributed by atoms with E-state index in [4.69, 9.17) is 0 Å². The molecule has 0 spiro atoms. The van der Waals surface area contributed by atoms with Crippen LogP contribution in [0.15, 0.2) is 18.2 Å².